The standard InChI is InChI=1S/C15H19BrN2O2/c1-11(2)6-17-8-13-3-4-14(20-13)10-19-15-5-12(16)7-18-9-15/h3-5,7,9,11,17H,6,8,10H2,1-2H3. The summed E-state index contributed by atoms with van der Waals surface area (Å²) in [6.45, 7) is 6.50. The summed E-state index contributed by atoms with van der Waals surface area (Å²) in [6, 6.07) is 5.80. The van der Waals surface area contributed by atoms with Gasteiger partial charge in [-0.25, -0.2) is 0 Å². The molecule has 2 heterocycles. The minimum atomic E-state index is 0.405. The van der Waals surface area contributed by atoms with Gasteiger partial charge in [-0.15, -0.1) is 0 Å². The highest BCUT2D eigenvalue weighted by Gasteiger charge is 2.04. The van der Waals surface area contributed by atoms with Gasteiger partial charge in [0.2, 0.25) is 0 Å². The van der Waals surface area contributed by atoms with Gasteiger partial charge in [-0.1, -0.05) is 13.8 Å². The van der Waals surface area contributed by atoms with Crippen LogP contribution < -0.4 is 10.1 Å². The molecule has 0 aliphatic carbocycles. The SMILES string of the molecule is CC(C)CNCc1ccc(COc2cncc(Br)c2)o1. The number of rotatable bonds is 7. The van der Waals surface area contributed by atoms with Gasteiger partial charge < -0.3 is 14.5 Å². The molecule has 2 rings (SSSR count). The molecule has 0 unspecified atom stereocenters. The fourth-order valence-electron chi connectivity index (χ4n) is 1.70. The van der Waals surface area contributed by atoms with E-state index in [1.807, 2.05) is 18.2 Å². The number of hydrogen-bond acceptors (Lipinski definition) is 4. The molecule has 0 radical (unpaired) electrons. The van der Waals surface area contributed by atoms with Crippen molar-refractivity contribution in [1.82, 2.24) is 10.3 Å². The minimum Gasteiger partial charge on any atom is -0.484 e. The zero-order chi connectivity index (χ0) is 14.4. The number of nitrogens with zero attached hydrogens (tertiary/aromatic N) is 1. The van der Waals surface area contributed by atoms with Gasteiger partial charge in [0.15, 0.2) is 0 Å². The maximum Gasteiger partial charge on any atom is 0.146 e. The third-order valence-corrected chi connectivity index (χ3v) is 3.06. The molecular formula is C15H19BrN2O2. The molecule has 20 heavy (non-hydrogen) atoms. The summed E-state index contributed by atoms with van der Waals surface area (Å²) < 4.78 is 12.2. The van der Waals surface area contributed by atoms with Crippen LogP contribution in [0.2, 0.25) is 0 Å². The van der Waals surface area contributed by atoms with Crippen molar-refractivity contribution in [2.45, 2.75) is 27.0 Å². The second-order valence-corrected chi connectivity index (χ2v) is 5.94. The van der Waals surface area contributed by atoms with Gasteiger partial charge in [0.05, 0.1) is 12.7 Å². The summed E-state index contributed by atoms with van der Waals surface area (Å²) in [5.74, 6) is 3.09. The highest BCUT2D eigenvalue weighted by atomic mass is 79.9. The van der Waals surface area contributed by atoms with Gasteiger partial charge in [-0.05, 0) is 46.6 Å². The number of halogens is 1. The molecule has 0 aromatic carbocycles. The Hall–Kier alpha value is -1.33. The first-order valence-corrected chi connectivity index (χ1v) is 7.44. The van der Waals surface area contributed by atoms with Gasteiger partial charge in [-0.3, -0.25) is 4.98 Å². The van der Waals surface area contributed by atoms with Crippen molar-refractivity contribution >= 4 is 15.9 Å². The van der Waals surface area contributed by atoms with Crippen LogP contribution in [0.4, 0.5) is 0 Å². The van der Waals surface area contributed by atoms with E-state index in [4.69, 9.17) is 9.15 Å². The van der Waals surface area contributed by atoms with Gasteiger partial charge in [0, 0.05) is 10.7 Å². The molecule has 0 aliphatic rings. The van der Waals surface area contributed by atoms with E-state index in [0.29, 0.717) is 12.5 Å². The molecule has 4 nitrogen and oxygen atoms in total. The molecule has 0 bridgehead atoms. The van der Waals surface area contributed by atoms with Crippen LogP contribution in [-0.2, 0) is 13.2 Å². The first-order valence-electron chi connectivity index (χ1n) is 6.65. The highest BCUT2D eigenvalue weighted by molar-refractivity contribution is 9.10. The summed E-state index contributed by atoms with van der Waals surface area (Å²) >= 11 is 3.36. The molecule has 0 atom stereocenters. The molecule has 1 N–H and O–H groups in total. The Morgan fingerprint density at radius 1 is 1.30 bits per heavy atom. The number of ether oxygens (including phenoxy) is 1. The average Bonchev–Trinajstić information content (AvgIpc) is 2.84. The van der Waals surface area contributed by atoms with Crippen LogP contribution in [0.3, 0.4) is 0 Å². The summed E-state index contributed by atoms with van der Waals surface area (Å²) in [4.78, 5) is 4.05. The molecule has 2 aromatic rings. The van der Waals surface area contributed by atoms with Gasteiger partial charge in [0.25, 0.3) is 0 Å². The molecule has 0 saturated carbocycles. The zero-order valence-electron chi connectivity index (χ0n) is 11.7. The summed E-state index contributed by atoms with van der Waals surface area (Å²) in [5.41, 5.74) is 0. The quantitative estimate of drug-likeness (QED) is 0.834. The predicted molar refractivity (Wildman–Crippen MR) is 81.5 cm³/mol. The fraction of sp³-hybridized carbons (Fsp3) is 0.400. The van der Waals surface area contributed by atoms with Gasteiger partial charge >= 0.3 is 0 Å². The lowest BCUT2D eigenvalue weighted by Gasteiger charge is -2.05. The lowest BCUT2D eigenvalue weighted by atomic mass is 10.2. The van der Waals surface area contributed by atoms with Crippen LogP contribution in [-0.4, -0.2) is 11.5 Å². The van der Waals surface area contributed by atoms with Crippen molar-refractivity contribution in [3.05, 3.63) is 46.6 Å². The summed E-state index contributed by atoms with van der Waals surface area (Å²) in [6.07, 6.45) is 3.40. The largest absolute Gasteiger partial charge is 0.484 e. The molecule has 0 fully saturated rings. The van der Waals surface area contributed by atoms with Crippen LogP contribution in [0, 0.1) is 5.92 Å². The maximum atomic E-state index is 5.70. The number of aromatic nitrogens is 1. The van der Waals surface area contributed by atoms with Crippen LogP contribution in [0.1, 0.15) is 25.4 Å². The van der Waals surface area contributed by atoms with E-state index in [2.05, 4.69) is 40.1 Å². The van der Waals surface area contributed by atoms with Crippen molar-refractivity contribution in [3.8, 4) is 5.75 Å². The van der Waals surface area contributed by atoms with E-state index in [1.54, 1.807) is 12.4 Å². The average molecular weight is 339 g/mol. The molecule has 0 spiro atoms. The Morgan fingerprint density at radius 2 is 2.10 bits per heavy atom. The van der Waals surface area contributed by atoms with E-state index >= 15 is 0 Å². The third-order valence-electron chi connectivity index (χ3n) is 2.63. The lowest BCUT2D eigenvalue weighted by Crippen LogP contribution is -2.18. The molecule has 0 aliphatic heterocycles. The summed E-state index contributed by atoms with van der Waals surface area (Å²) in [7, 11) is 0. The summed E-state index contributed by atoms with van der Waals surface area (Å²) in [5, 5.41) is 3.34. The molecule has 0 saturated heterocycles. The number of nitrogens with one attached hydrogen (secondary N) is 1. The van der Waals surface area contributed by atoms with Crippen molar-refractivity contribution in [1.29, 1.82) is 0 Å². The number of pyridine rings is 1. The van der Waals surface area contributed by atoms with Crippen LogP contribution in [0.25, 0.3) is 0 Å². The van der Waals surface area contributed by atoms with E-state index in [1.165, 1.54) is 0 Å². The maximum absolute atomic E-state index is 5.70. The molecule has 108 valence electrons. The van der Waals surface area contributed by atoms with E-state index in [0.717, 1.165) is 34.8 Å². The molecule has 5 heteroatoms. The van der Waals surface area contributed by atoms with E-state index in [-0.39, 0.29) is 0 Å². The Labute approximate surface area is 127 Å². The lowest BCUT2D eigenvalue weighted by molar-refractivity contribution is 0.264. The fourth-order valence-corrected chi connectivity index (χ4v) is 2.05. The normalized spacial score (nSPS) is 11.0. The van der Waals surface area contributed by atoms with Gasteiger partial charge in [-0.2, -0.15) is 0 Å². The number of furan rings is 1. The number of hydrogen-bond donors (Lipinski definition) is 1. The molecule has 0 amide bonds. The highest BCUT2D eigenvalue weighted by Crippen LogP contribution is 2.18. The smallest absolute Gasteiger partial charge is 0.146 e. The van der Waals surface area contributed by atoms with Gasteiger partial charge in [0.1, 0.15) is 23.9 Å². The monoisotopic (exact) mass is 338 g/mol. The second-order valence-electron chi connectivity index (χ2n) is 5.02. The van der Waals surface area contributed by atoms with Crippen LogP contribution >= 0.6 is 15.9 Å². The first kappa shape index (κ1) is 15.1. The third kappa shape index (κ3) is 4.98. The van der Waals surface area contributed by atoms with E-state index < -0.39 is 0 Å². The topological polar surface area (TPSA) is 47.3 Å². The second kappa shape index (κ2) is 7.45. The minimum absolute atomic E-state index is 0.405. The van der Waals surface area contributed by atoms with Crippen molar-refractivity contribution in [2.75, 3.05) is 6.54 Å². The van der Waals surface area contributed by atoms with Crippen LogP contribution in [0.5, 0.6) is 5.75 Å². The Kier molecular flexibility index (Phi) is 5.61. The zero-order valence-corrected chi connectivity index (χ0v) is 13.3. The molecule has 2 aromatic heterocycles. The van der Waals surface area contributed by atoms with Crippen molar-refractivity contribution < 1.29 is 9.15 Å². The first-order chi connectivity index (χ1) is 9.63. The van der Waals surface area contributed by atoms with Crippen molar-refractivity contribution in [3.63, 3.8) is 0 Å². The Bertz CT molecular complexity index is 540. The molecular weight excluding hydrogens is 320 g/mol. The Balaban J connectivity index is 1.80. The van der Waals surface area contributed by atoms with E-state index in [9.17, 15) is 0 Å². The van der Waals surface area contributed by atoms with Crippen LogP contribution in [0.15, 0.2) is 39.5 Å². The Morgan fingerprint density at radius 3 is 2.85 bits per heavy atom. The predicted octanol–water partition coefficient (Wildman–Crippen LogP) is 3.76. The van der Waals surface area contributed by atoms with Crippen molar-refractivity contribution in [2.24, 2.45) is 5.92 Å².